The third-order valence-corrected chi connectivity index (χ3v) is 5.96. The smallest absolute Gasteiger partial charge is 0.275 e. The summed E-state index contributed by atoms with van der Waals surface area (Å²) in [5, 5.41) is 5.53. The Kier molecular flexibility index (Phi) is 5.54. The molecule has 0 saturated carbocycles. The number of nitrogens with zero attached hydrogens (tertiary/aromatic N) is 4. The van der Waals surface area contributed by atoms with Gasteiger partial charge in [0.15, 0.2) is 5.89 Å². The molecular formula is C25H24N4O3. The average Bonchev–Trinajstić information content (AvgIpc) is 3.30. The first-order valence-electron chi connectivity index (χ1n) is 10.9. The van der Waals surface area contributed by atoms with Gasteiger partial charge in [0, 0.05) is 24.9 Å². The number of hydrogen-bond acceptors (Lipinski definition) is 5. The van der Waals surface area contributed by atoms with Crippen molar-refractivity contribution < 1.29 is 9.21 Å². The molecule has 3 heterocycles. The summed E-state index contributed by atoms with van der Waals surface area (Å²) in [5.41, 5.74) is 0.923. The van der Waals surface area contributed by atoms with Crippen LogP contribution in [0.2, 0.25) is 0 Å². The Morgan fingerprint density at radius 1 is 1.06 bits per heavy atom. The Morgan fingerprint density at radius 3 is 2.75 bits per heavy atom. The molecule has 7 nitrogen and oxygen atoms in total. The van der Waals surface area contributed by atoms with Gasteiger partial charge >= 0.3 is 0 Å². The molecule has 0 spiro atoms. The Morgan fingerprint density at radius 2 is 1.88 bits per heavy atom. The fourth-order valence-electron chi connectivity index (χ4n) is 4.26. The van der Waals surface area contributed by atoms with Crippen molar-refractivity contribution >= 4 is 16.7 Å². The molecule has 0 bridgehead atoms. The number of rotatable bonds is 5. The quantitative estimate of drug-likeness (QED) is 0.487. The predicted molar refractivity (Wildman–Crippen MR) is 120 cm³/mol. The molecule has 1 atom stereocenters. The second-order valence-corrected chi connectivity index (χ2v) is 8.20. The van der Waals surface area contributed by atoms with Gasteiger partial charge in [0.25, 0.3) is 5.56 Å². The minimum Gasteiger partial charge on any atom is -0.445 e. The molecule has 1 aliphatic rings. The van der Waals surface area contributed by atoms with Crippen LogP contribution in [0.15, 0.2) is 76.2 Å². The molecule has 2 aromatic carbocycles. The molecule has 1 aliphatic heterocycles. The molecule has 2 aromatic heterocycles. The maximum Gasteiger partial charge on any atom is 0.275 e. The molecule has 4 aromatic rings. The van der Waals surface area contributed by atoms with Crippen LogP contribution in [0.3, 0.4) is 0 Å². The second-order valence-electron chi connectivity index (χ2n) is 8.20. The fourth-order valence-corrected chi connectivity index (χ4v) is 4.26. The van der Waals surface area contributed by atoms with Gasteiger partial charge in [-0.25, -0.2) is 9.67 Å². The number of hydrogen-bond donors (Lipinski definition) is 0. The summed E-state index contributed by atoms with van der Waals surface area (Å²) in [7, 11) is 0. The third kappa shape index (κ3) is 4.19. The summed E-state index contributed by atoms with van der Waals surface area (Å²) in [5.74, 6) is 1.44. The maximum atomic E-state index is 13.0. The van der Waals surface area contributed by atoms with Crippen LogP contribution >= 0.6 is 0 Å². The van der Waals surface area contributed by atoms with Crippen molar-refractivity contribution in [2.24, 2.45) is 0 Å². The number of carbonyl (C=O) groups is 1. The van der Waals surface area contributed by atoms with Crippen LogP contribution in [0, 0.1) is 0 Å². The van der Waals surface area contributed by atoms with E-state index in [0.717, 1.165) is 24.0 Å². The highest BCUT2D eigenvalue weighted by Gasteiger charge is 2.28. The zero-order valence-electron chi connectivity index (χ0n) is 17.7. The van der Waals surface area contributed by atoms with E-state index in [9.17, 15) is 9.59 Å². The van der Waals surface area contributed by atoms with Gasteiger partial charge in [0.05, 0.1) is 23.7 Å². The normalized spacial score (nSPS) is 16.4. The van der Waals surface area contributed by atoms with Gasteiger partial charge < -0.3 is 9.32 Å². The largest absolute Gasteiger partial charge is 0.445 e. The molecule has 32 heavy (non-hydrogen) atoms. The number of likely N-dealkylation sites (tertiary alicyclic amines) is 1. The minimum absolute atomic E-state index is 0.0542. The molecule has 0 unspecified atom stereocenters. The van der Waals surface area contributed by atoms with E-state index in [1.54, 1.807) is 23.4 Å². The first-order chi connectivity index (χ1) is 15.7. The lowest BCUT2D eigenvalue weighted by Gasteiger charge is -2.31. The van der Waals surface area contributed by atoms with E-state index in [1.807, 2.05) is 36.4 Å². The highest BCUT2D eigenvalue weighted by atomic mass is 16.4. The van der Waals surface area contributed by atoms with Crippen molar-refractivity contribution in [3.8, 4) is 0 Å². The van der Waals surface area contributed by atoms with Crippen molar-refractivity contribution in [3.63, 3.8) is 0 Å². The van der Waals surface area contributed by atoms with E-state index >= 15 is 0 Å². The number of benzene rings is 2. The van der Waals surface area contributed by atoms with Crippen molar-refractivity contribution in [1.29, 1.82) is 0 Å². The number of piperidine rings is 1. The average molecular weight is 428 g/mol. The first kappa shape index (κ1) is 20.2. The SMILES string of the molecule is O=C(Cn1ncc2ccccc2c1=O)N1CCC[C@H](c2ncc(Cc3ccccc3)o2)C1. The monoisotopic (exact) mass is 428 g/mol. The number of carbonyl (C=O) groups excluding carboxylic acids is 1. The molecule has 1 saturated heterocycles. The van der Waals surface area contributed by atoms with E-state index in [1.165, 1.54) is 10.2 Å². The highest BCUT2D eigenvalue weighted by Crippen LogP contribution is 2.27. The lowest BCUT2D eigenvalue weighted by Crippen LogP contribution is -2.42. The van der Waals surface area contributed by atoms with Gasteiger partial charge in [0.1, 0.15) is 12.3 Å². The molecular weight excluding hydrogens is 404 g/mol. The Hall–Kier alpha value is -3.74. The molecule has 1 amide bonds. The number of amides is 1. The number of fused-ring (bicyclic) bond motifs is 1. The lowest BCUT2D eigenvalue weighted by molar-refractivity contribution is -0.133. The summed E-state index contributed by atoms with van der Waals surface area (Å²) in [4.78, 5) is 31.9. The minimum atomic E-state index is -0.247. The fraction of sp³-hybridized carbons (Fsp3) is 0.280. The molecule has 7 heteroatoms. The summed E-state index contributed by atoms with van der Waals surface area (Å²) >= 11 is 0. The van der Waals surface area contributed by atoms with Crippen molar-refractivity contribution in [3.05, 3.63) is 94.6 Å². The van der Waals surface area contributed by atoms with Crippen LogP contribution in [0.4, 0.5) is 0 Å². The van der Waals surface area contributed by atoms with Crippen LogP contribution in [0.1, 0.15) is 36.0 Å². The first-order valence-corrected chi connectivity index (χ1v) is 10.9. The van der Waals surface area contributed by atoms with Gasteiger partial charge in [-0.05, 0) is 24.5 Å². The Bertz CT molecular complexity index is 1300. The highest BCUT2D eigenvalue weighted by molar-refractivity contribution is 5.81. The summed E-state index contributed by atoms with van der Waals surface area (Å²) < 4.78 is 7.27. The van der Waals surface area contributed by atoms with E-state index in [0.29, 0.717) is 30.8 Å². The summed E-state index contributed by atoms with van der Waals surface area (Å²) in [6.45, 7) is 1.13. The van der Waals surface area contributed by atoms with Gasteiger partial charge in [-0.15, -0.1) is 0 Å². The van der Waals surface area contributed by atoms with Gasteiger partial charge in [-0.3, -0.25) is 9.59 Å². The number of oxazole rings is 1. The summed E-state index contributed by atoms with van der Waals surface area (Å²) in [6.07, 6.45) is 5.89. The lowest BCUT2D eigenvalue weighted by atomic mass is 9.98. The van der Waals surface area contributed by atoms with E-state index in [4.69, 9.17) is 4.42 Å². The third-order valence-electron chi connectivity index (χ3n) is 5.96. The van der Waals surface area contributed by atoms with Gasteiger partial charge in [-0.2, -0.15) is 5.10 Å². The zero-order chi connectivity index (χ0) is 21.9. The van der Waals surface area contributed by atoms with Crippen molar-refractivity contribution in [2.75, 3.05) is 13.1 Å². The van der Waals surface area contributed by atoms with E-state index in [2.05, 4.69) is 22.2 Å². The molecule has 1 fully saturated rings. The van der Waals surface area contributed by atoms with Crippen LogP contribution in [0.25, 0.3) is 10.8 Å². The molecule has 5 rings (SSSR count). The second kappa shape index (κ2) is 8.78. The van der Waals surface area contributed by atoms with Crippen LogP contribution in [-0.4, -0.2) is 38.7 Å². The zero-order valence-corrected chi connectivity index (χ0v) is 17.7. The standard InChI is InChI=1S/C25H24N4O3/c30-23(17-29-25(31)22-11-5-4-9-19(22)14-27-29)28-12-6-10-20(16-28)24-26-15-21(32-24)13-18-7-2-1-3-8-18/h1-5,7-9,11,14-15,20H,6,10,12-13,16-17H2/t20-/m0/s1. The molecule has 0 aliphatic carbocycles. The van der Waals surface area contributed by atoms with Crippen LogP contribution < -0.4 is 5.56 Å². The van der Waals surface area contributed by atoms with Crippen LogP contribution in [-0.2, 0) is 17.8 Å². The van der Waals surface area contributed by atoms with E-state index < -0.39 is 0 Å². The Balaban J connectivity index is 1.27. The molecule has 0 N–H and O–H groups in total. The van der Waals surface area contributed by atoms with E-state index in [-0.39, 0.29) is 23.9 Å². The van der Waals surface area contributed by atoms with Crippen LogP contribution in [0.5, 0.6) is 0 Å². The maximum absolute atomic E-state index is 13.0. The topological polar surface area (TPSA) is 81.2 Å². The summed E-state index contributed by atoms with van der Waals surface area (Å²) in [6, 6.07) is 17.4. The van der Waals surface area contributed by atoms with Gasteiger partial charge in [0.2, 0.25) is 5.91 Å². The molecule has 0 radical (unpaired) electrons. The predicted octanol–water partition coefficient (Wildman–Crippen LogP) is 3.38. The van der Waals surface area contributed by atoms with Crippen molar-refractivity contribution in [1.82, 2.24) is 19.7 Å². The number of aromatic nitrogens is 3. The molecule has 162 valence electrons. The van der Waals surface area contributed by atoms with Crippen molar-refractivity contribution in [2.45, 2.75) is 31.7 Å². The Labute approximate surface area is 185 Å². The van der Waals surface area contributed by atoms with Gasteiger partial charge in [-0.1, -0.05) is 48.5 Å².